The third-order valence-corrected chi connectivity index (χ3v) is 1.91. The van der Waals surface area contributed by atoms with E-state index in [1.807, 2.05) is 24.3 Å². The van der Waals surface area contributed by atoms with Crippen molar-refractivity contribution in [2.45, 2.75) is 25.8 Å². The maximum atomic E-state index is 3.75. The van der Waals surface area contributed by atoms with Crippen LogP contribution in [0.1, 0.15) is 20.3 Å². The molecule has 1 aromatic carbocycles. The Morgan fingerprint density at radius 1 is 1.31 bits per heavy atom. The molecule has 0 radical (unpaired) electrons. The number of hydrogen-bond donors (Lipinski definition) is 1. The van der Waals surface area contributed by atoms with Crippen molar-refractivity contribution in [2.24, 2.45) is 0 Å². The van der Waals surface area contributed by atoms with Gasteiger partial charge in [0.2, 0.25) is 0 Å². The van der Waals surface area contributed by atoms with E-state index in [0.29, 0.717) is 0 Å². The first-order valence-electron chi connectivity index (χ1n) is 4.58. The normalized spacial score (nSPS) is 10.9. The molecule has 0 amide bonds. The molecule has 13 heavy (non-hydrogen) atoms. The van der Waals surface area contributed by atoms with Crippen molar-refractivity contribution in [1.82, 2.24) is 0 Å². The lowest BCUT2D eigenvalue weighted by molar-refractivity contribution is 0.577. The zero-order valence-corrected chi connectivity index (χ0v) is 8.38. The maximum Gasteiger partial charge on any atom is 0.0351 e. The third kappa shape index (κ3) is 3.32. The Balaban J connectivity index is 2.63. The summed E-state index contributed by atoms with van der Waals surface area (Å²) < 4.78 is 0. The standard InChI is InChI=1S/C12H17N/c1-4-10-12(2,3)13-11-8-6-5-7-9-11/h4-9,13H,1,10H2,2-3H3. The fourth-order valence-electron chi connectivity index (χ4n) is 1.32. The molecule has 1 rings (SSSR count). The van der Waals surface area contributed by atoms with Crippen LogP contribution in [-0.4, -0.2) is 5.54 Å². The van der Waals surface area contributed by atoms with Crippen molar-refractivity contribution in [3.05, 3.63) is 43.0 Å². The van der Waals surface area contributed by atoms with Gasteiger partial charge in [-0.25, -0.2) is 0 Å². The number of anilines is 1. The zero-order valence-electron chi connectivity index (χ0n) is 8.38. The molecule has 0 aliphatic carbocycles. The Bertz CT molecular complexity index is 262. The van der Waals surface area contributed by atoms with E-state index in [1.54, 1.807) is 0 Å². The van der Waals surface area contributed by atoms with Crippen LogP contribution in [0.25, 0.3) is 0 Å². The van der Waals surface area contributed by atoms with Gasteiger partial charge >= 0.3 is 0 Å². The van der Waals surface area contributed by atoms with Crippen molar-refractivity contribution in [2.75, 3.05) is 5.32 Å². The van der Waals surface area contributed by atoms with Crippen LogP contribution >= 0.6 is 0 Å². The Morgan fingerprint density at radius 3 is 2.46 bits per heavy atom. The lowest BCUT2D eigenvalue weighted by Crippen LogP contribution is -2.29. The van der Waals surface area contributed by atoms with Gasteiger partial charge in [-0.1, -0.05) is 24.3 Å². The molecule has 0 saturated carbocycles. The summed E-state index contributed by atoms with van der Waals surface area (Å²) in [6.45, 7) is 8.08. The van der Waals surface area contributed by atoms with Gasteiger partial charge in [0.05, 0.1) is 0 Å². The van der Waals surface area contributed by atoms with Crippen molar-refractivity contribution >= 4 is 5.69 Å². The first-order valence-corrected chi connectivity index (χ1v) is 4.58. The molecule has 0 saturated heterocycles. The van der Waals surface area contributed by atoms with Gasteiger partial charge in [-0.2, -0.15) is 0 Å². The van der Waals surface area contributed by atoms with Gasteiger partial charge in [-0.05, 0) is 32.4 Å². The quantitative estimate of drug-likeness (QED) is 0.691. The molecule has 0 atom stereocenters. The predicted octanol–water partition coefficient (Wildman–Crippen LogP) is 3.45. The van der Waals surface area contributed by atoms with Crippen molar-refractivity contribution in [1.29, 1.82) is 0 Å². The van der Waals surface area contributed by atoms with E-state index in [1.165, 1.54) is 0 Å². The monoisotopic (exact) mass is 175 g/mol. The second-order valence-corrected chi connectivity index (χ2v) is 3.87. The van der Waals surface area contributed by atoms with Gasteiger partial charge in [-0.15, -0.1) is 6.58 Å². The molecule has 1 nitrogen and oxygen atoms in total. The Hall–Kier alpha value is -1.24. The Morgan fingerprint density at radius 2 is 1.92 bits per heavy atom. The van der Waals surface area contributed by atoms with E-state index >= 15 is 0 Å². The fraction of sp³-hybridized carbons (Fsp3) is 0.333. The fourth-order valence-corrected chi connectivity index (χ4v) is 1.32. The van der Waals surface area contributed by atoms with E-state index in [2.05, 4.69) is 37.9 Å². The van der Waals surface area contributed by atoms with E-state index in [0.717, 1.165) is 12.1 Å². The van der Waals surface area contributed by atoms with E-state index in [4.69, 9.17) is 0 Å². The first-order chi connectivity index (χ1) is 6.14. The van der Waals surface area contributed by atoms with Crippen LogP contribution in [0.2, 0.25) is 0 Å². The highest BCUT2D eigenvalue weighted by Crippen LogP contribution is 2.17. The van der Waals surface area contributed by atoms with Gasteiger partial charge in [0, 0.05) is 11.2 Å². The molecule has 0 aliphatic heterocycles. The van der Waals surface area contributed by atoms with Gasteiger partial charge in [0.1, 0.15) is 0 Å². The summed E-state index contributed by atoms with van der Waals surface area (Å²) in [5, 5.41) is 3.45. The van der Waals surface area contributed by atoms with Crippen LogP contribution < -0.4 is 5.32 Å². The molecule has 0 aliphatic rings. The van der Waals surface area contributed by atoms with Gasteiger partial charge in [-0.3, -0.25) is 0 Å². The van der Waals surface area contributed by atoms with Gasteiger partial charge < -0.3 is 5.32 Å². The lowest BCUT2D eigenvalue weighted by Gasteiger charge is -2.26. The molecule has 70 valence electrons. The van der Waals surface area contributed by atoms with E-state index in [-0.39, 0.29) is 5.54 Å². The van der Waals surface area contributed by atoms with E-state index < -0.39 is 0 Å². The molecule has 0 heterocycles. The van der Waals surface area contributed by atoms with Crippen LogP contribution in [0.4, 0.5) is 5.69 Å². The molecule has 1 N–H and O–H groups in total. The molecule has 1 heteroatoms. The van der Waals surface area contributed by atoms with Gasteiger partial charge in [0.15, 0.2) is 0 Å². The number of nitrogens with one attached hydrogen (secondary N) is 1. The Labute approximate surface area is 80.5 Å². The summed E-state index contributed by atoms with van der Waals surface area (Å²) in [5.41, 5.74) is 1.25. The molecular weight excluding hydrogens is 158 g/mol. The van der Waals surface area contributed by atoms with E-state index in [9.17, 15) is 0 Å². The van der Waals surface area contributed by atoms with Crippen molar-refractivity contribution < 1.29 is 0 Å². The second kappa shape index (κ2) is 4.13. The minimum absolute atomic E-state index is 0.0864. The minimum atomic E-state index is 0.0864. The SMILES string of the molecule is C=CCC(C)(C)Nc1ccccc1. The van der Waals surface area contributed by atoms with Crippen LogP contribution in [0.3, 0.4) is 0 Å². The summed E-state index contributed by atoms with van der Waals surface area (Å²) in [5.74, 6) is 0. The zero-order chi connectivity index (χ0) is 9.73. The molecule has 1 aromatic rings. The highest BCUT2D eigenvalue weighted by Gasteiger charge is 2.14. The van der Waals surface area contributed by atoms with Crippen LogP contribution in [0.5, 0.6) is 0 Å². The number of benzene rings is 1. The highest BCUT2D eigenvalue weighted by molar-refractivity contribution is 5.44. The third-order valence-electron chi connectivity index (χ3n) is 1.91. The summed E-state index contributed by atoms with van der Waals surface area (Å²) in [6.07, 6.45) is 2.90. The number of para-hydroxylation sites is 1. The molecule has 0 aromatic heterocycles. The van der Waals surface area contributed by atoms with Crippen LogP contribution in [-0.2, 0) is 0 Å². The molecule has 0 bridgehead atoms. The van der Waals surface area contributed by atoms with Crippen molar-refractivity contribution in [3.63, 3.8) is 0 Å². The summed E-state index contributed by atoms with van der Waals surface area (Å²) >= 11 is 0. The second-order valence-electron chi connectivity index (χ2n) is 3.87. The summed E-state index contributed by atoms with van der Waals surface area (Å²) in [4.78, 5) is 0. The lowest BCUT2D eigenvalue weighted by atomic mass is 10.0. The molecular formula is C12H17N. The molecule has 0 spiro atoms. The number of hydrogen-bond acceptors (Lipinski definition) is 1. The Kier molecular flexibility index (Phi) is 3.13. The van der Waals surface area contributed by atoms with Gasteiger partial charge in [0.25, 0.3) is 0 Å². The van der Waals surface area contributed by atoms with Crippen LogP contribution in [0.15, 0.2) is 43.0 Å². The topological polar surface area (TPSA) is 12.0 Å². The summed E-state index contributed by atoms with van der Waals surface area (Å²) in [7, 11) is 0. The first kappa shape index (κ1) is 9.85. The average molecular weight is 175 g/mol. The highest BCUT2D eigenvalue weighted by atomic mass is 15.0. The summed E-state index contributed by atoms with van der Waals surface area (Å²) in [6, 6.07) is 10.2. The molecule has 0 fully saturated rings. The number of rotatable bonds is 4. The largest absolute Gasteiger partial charge is 0.380 e. The predicted molar refractivity (Wildman–Crippen MR) is 59.0 cm³/mol. The molecule has 0 unspecified atom stereocenters. The van der Waals surface area contributed by atoms with Crippen LogP contribution in [0, 0.1) is 0 Å². The maximum absolute atomic E-state index is 3.75. The minimum Gasteiger partial charge on any atom is -0.380 e. The van der Waals surface area contributed by atoms with Crippen molar-refractivity contribution in [3.8, 4) is 0 Å². The smallest absolute Gasteiger partial charge is 0.0351 e. The average Bonchev–Trinajstić information content (AvgIpc) is 2.04.